The van der Waals surface area contributed by atoms with E-state index in [9.17, 15) is 4.79 Å². The van der Waals surface area contributed by atoms with Crippen LogP contribution >= 0.6 is 38.9 Å². The smallest absolute Gasteiger partial charge is 0.237 e. The Balaban J connectivity index is 2.28. The lowest BCUT2D eigenvalue weighted by molar-refractivity contribution is -0.126. The molecule has 3 nitrogen and oxygen atoms in total. The van der Waals surface area contributed by atoms with Crippen molar-refractivity contribution in [3.63, 3.8) is 0 Å². The van der Waals surface area contributed by atoms with Crippen LogP contribution in [-0.4, -0.2) is 24.4 Å². The van der Waals surface area contributed by atoms with Crippen LogP contribution in [0, 0.1) is 0 Å². The van der Waals surface area contributed by atoms with Crippen LogP contribution in [0.25, 0.3) is 0 Å². The zero-order valence-corrected chi connectivity index (χ0v) is 10.5. The van der Waals surface area contributed by atoms with Crippen molar-refractivity contribution in [2.45, 2.75) is 6.17 Å². The van der Waals surface area contributed by atoms with Gasteiger partial charge in [-0.05, 0) is 22.0 Å². The standard InChI is InChI=1S/C8H8BrClN2OS/c1-12-6(13)3-11-8(12)5-2-4(9)7(10)14-5/h2,8,11H,3H2,1H3. The van der Waals surface area contributed by atoms with E-state index in [1.54, 1.807) is 11.9 Å². The number of carbonyl (C=O) groups is 1. The van der Waals surface area contributed by atoms with E-state index >= 15 is 0 Å². The van der Waals surface area contributed by atoms with Crippen molar-refractivity contribution in [2.75, 3.05) is 13.6 Å². The van der Waals surface area contributed by atoms with E-state index in [1.807, 2.05) is 6.07 Å². The monoisotopic (exact) mass is 294 g/mol. The molecule has 6 heteroatoms. The fourth-order valence-corrected chi connectivity index (χ4v) is 3.24. The molecule has 14 heavy (non-hydrogen) atoms. The Morgan fingerprint density at radius 3 is 2.93 bits per heavy atom. The molecule has 76 valence electrons. The van der Waals surface area contributed by atoms with Gasteiger partial charge in [-0.1, -0.05) is 11.6 Å². The summed E-state index contributed by atoms with van der Waals surface area (Å²) in [5.41, 5.74) is 0. The first-order chi connectivity index (χ1) is 6.59. The summed E-state index contributed by atoms with van der Waals surface area (Å²) in [5.74, 6) is 0.107. The molecule has 1 atom stereocenters. The van der Waals surface area contributed by atoms with E-state index in [0.29, 0.717) is 6.54 Å². The number of hydrogen-bond donors (Lipinski definition) is 1. The first-order valence-corrected chi connectivity index (χ1v) is 6.02. The summed E-state index contributed by atoms with van der Waals surface area (Å²) in [6.07, 6.45) is -0.0312. The van der Waals surface area contributed by atoms with Crippen molar-refractivity contribution in [3.8, 4) is 0 Å². The van der Waals surface area contributed by atoms with Crippen molar-refractivity contribution in [1.29, 1.82) is 0 Å². The minimum Gasteiger partial charge on any atom is -0.324 e. The summed E-state index contributed by atoms with van der Waals surface area (Å²) >= 11 is 10.8. The first-order valence-electron chi connectivity index (χ1n) is 4.03. The Labute approximate surface area is 99.2 Å². The Morgan fingerprint density at radius 2 is 2.50 bits per heavy atom. The maximum atomic E-state index is 11.3. The second-order valence-electron chi connectivity index (χ2n) is 3.06. The molecule has 0 radical (unpaired) electrons. The second kappa shape index (κ2) is 3.81. The lowest BCUT2D eigenvalue weighted by Crippen LogP contribution is -2.24. The molecule has 0 aromatic carbocycles. The average Bonchev–Trinajstić information content (AvgIpc) is 2.61. The third kappa shape index (κ3) is 1.69. The maximum Gasteiger partial charge on any atom is 0.237 e. The van der Waals surface area contributed by atoms with Crippen LogP contribution in [0.15, 0.2) is 10.5 Å². The average molecular weight is 296 g/mol. The van der Waals surface area contributed by atoms with Gasteiger partial charge < -0.3 is 4.90 Å². The molecule has 2 heterocycles. The Morgan fingerprint density at radius 1 is 1.79 bits per heavy atom. The van der Waals surface area contributed by atoms with Crippen LogP contribution in [0.3, 0.4) is 0 Å². The number of rotatable bonds is 1. The number of amides is 1. The molecular weight excluding hydrogens is 288 g/mol. The van der Waals surface area contributed by atoms with Gasteiger partial charge in [-0.2, -0.15) is 0 Å². The summed E-state index contributed by atoms with van der Waals surface area (Å²) in [6, 6.07) is 1.94. The molecule has 1 N–H and O–H groups in total. The van der Waals surface area contributed by atoms with Gasteiger partial charge in [-0.15, -0.1) is 11.3 Å². The van der Waals surface area contributed by atoms with Gasteiger partial charge in [0.15, 0.2) is 0 Å². The van der Waals surface area contributed by atoms with Gasteiger partial charge in [-0.3, -0.25) is 10.1 Å². The summed E-state index contributed by atoms with van der Waals surface area (Å²) in [6.45, 7) is 0.397. The molecule has 1 saturated heterocycles. The third-order valence-corrected chi connectivity index (χ3v) is 4.69. The van der Waals surface area contributed by atoms with E-state index < -0.39 is 0 Å². The quantitative estimate of drug-likeness (QED) is 0.862. The summed E-state index contributed by atoms with van der Waals surface area (Å²) in [7, 11) is 1.79. The van der Waals surface area contributed by atoms with E-state index in [-0.39, 0.29) is 12.1 Å². The van der Waals surface area contributed by atoms with Crippen LogP contribution in [0.1, 0.15) is 11.0 Å². The van der Waals surface area contributed by atoms with Crippen LogP contribution < -0.4 is 5.32 Å². The van der Waals surface area contributed by atoms with E-state index in [1.165, 1.54) is 11.3 Å². The second-order valence-corrected chi connectivity index (χ2v) is 5.60. The van der Waals surface area contributed by atoms with E-state index in [2.05, 4.69) is 21.2 Å². The molecule has 0 aliphatic carbocycles. The molecule has 1 unspecified atom stereocenters. The highest BCUT2D eigenvalue weighted by atomic mass is 79.9. The molecule has 1 fully saturated rings. The Bertz CT molecular complexity index is 362. The highest BCUT2D eigenvalue weighted by molar-refractivity contribution is 9.10. The number of nitrogens with zero attached hydrogens (tertiary/aromatic N) is 1. The van der Waals surface area contributed by atoms with Crippen LogP contribution in [0.2, 0.25) is 4.34 Å². The van der Waals surface area contributed by atoms with Gasteiger partial charge >= 0.3 is 0 Å². The number of carbonyl (C=O) groups excluding carboxylic acids is 1. The lowest BCUT2D eigenvalue weighted by Gasteiger charge is -2.17. The zero-order chi connectivity index (χ0) is 10.3. The van der Waals surface area contributed by atoms with Gasteiger partial charge in [0, 0.05) is 16.4 Å². The van der Waals surface area contributed by atoms with Gasteiger partial charge in [-0.25, -0.2) is 0 Å². The zero-order valence-electron chi connectivity index (χ0n) is 7.38. The van der Waals surface area contributed by atoms with Crippen LogP contribution in [0.5, 0.6) is 0 Å². The molecule has 1 aromatic heterocycles. The van der Waals surface area contributed by atoms with Crippen LogP contribution in [0.4, 0.5) is 0 Å². The molecule has 0 bridgehead atoms. The number of halogens is 2. The van der Waals surface area contributed by atoms with Crippen molar-refractivity contribution < 1.29 is 4.79 Å². The van der Waals surface area contributed by atoms with Crippen molar-refractivity contribution >= 4 is 44.8 Å². The van der Waals surface area contributed by atoms with Gasteiger partial charge in [0.25, 0.3) is 0 Å². The first kappa shape index (κ1) is 10.4. The molecule has 1 aliphatic rings. The number of likely N-dealkylation sites (N-methyl/N-ethyl adjacent to an activating group) is 1. The fraction of sp³-hybridized carbons (Fsp3) is 0.375. The highest BCUT2D eigenvalue weighted by Crippen LogP contribution is 2.36. The molecule has 0 saturated carbocycles. The molecule has 0 spiro atoms. The predicted molar refractivity (Wildman–Crippen MR) is 60.5 cm³/mol. The topological polar surface area (TPSA) is 32.3 Å². The lowest BCUT2D eigenvalue weighted by atomic mass is 10.4. The van der Waals surface area contributed by atoms with Gasteiger partial charge in [0.05, 0.1) is 6.54 Å². The van der Waals surface area contributed by atoms with Crippen molar-refractivity contribution in [3.05, 3.63) is 19.8 Å². The minimum absolute atomic E-state index is 0.0312. The van der Waals surface area contributed by atoms with Gasteiger partial charge in [0.2, 0.25) is 5.91 Å². The highest BCUT2D eigenvalue weighted by Gasteiger charge is 2.29. The summed E-state index contributed by atoms with van der Waals surface area (Å²) in [5, 5.41) is 3.12. The number of hydrogen-bond acceptors (Lipinski definition) is 3. The van der Waals surface area contributed by atoms with Crippen molar-refractivity contribution in [1.82, 2.24) is 10.2 Å². The molecule has 2 rings (SSSR count). The SMILES string of the molecule is CN1C(=O)CNC1c1cc(Br)c(Cl)s1. The Hall–Kier alpha value is -0.100. The van der Waals surface area contributed by atoms with Crippen LogP contribution in [-0.2, 0) is 4.79 Å². The minimum atomic E-state index is -0.0312. The molecule has 1 aliphatic heterocycles. The third-order valence-electron chi connectivity index (χ3n) is 2.16. The number of thiophene rings is 1. The van der Waals surface area contributed by atoms with Crippen molar-refractivity contribution in [2.24, 2.45) is 0 Å². The molecule has 1 amide bonds. The Kier molecular flexibility index (Phi) is 2.83. The van der Waals surface area contributed by atoms with E-state index in [4.69, 9.17) is 11.6 Å². The normalized spacial score (nSPS) is 22.1. The molecule has 1 aromatic rings. The summed E-state index contributed by atoms with van der Waals surface area (Å²) in [4.78, 5) is 14.0. The predicted octanol–water partition coefficient (Wildman–Crippen LogP) is 2.22. The van der Waals surface area contributed by atoms with E-state index in [0.717, 1.165) is 13.7 Å². The summed E-state index contributed by atoms with van der Waals surface area (Å²) < 4.78 is 1.60. The van der Waals surface area contributed by atoms with Gasteiger partial charge in [0.1, 0.15) is 10.5 Å². The largest absolute Gasteiger partial charge is 0.324 e. The maximum absolute atomic E-state index is 11.3. The number of nitrogens with one attached hydrogen (secondary N) is 1. The fourth-order valence-electron chi connectivity index (χ4n) is 1.38. The molecular formula is C8H8BrClN2OS.